The molecule has 0 bridgehead atoms. The number of fused-ring (bicyclic) bond motifs is 1. The average Bonchev–Trinajstić information content (AvgIpc) is 3.81. The van der Waals surface area contributed by atoms with Gasteiger partial charge in [0.2, 0.25) is 17.7 Å². The fourth-order valence-electron chi connectivity index (χ4n) is 8.25. The molecule has 0 aromatic carbocycles. The van der Waals surface area contributed by atoms with E-state index in [-0.39, 0.29) is 53.2 Å². The summed E-state index contributed by atoms with van der Waals surface area (Å²) in [5.74, 6) is -6.80. The van der Waals surface area contributed by atoms with Gasteiger partial charge in [0.15, 0.2) is 0 Å². The van der Waals surface area contributed by atoms with Gasteiger partial charge in [-0.2, -0.15) is 0 Å². The second kappa shape index (κ2) is 15.2. The Hall–Kier alpha value is -3.32. The number of nitrogens with one attached hydrogen (secondary N) is 2. The van der Waals surface area contributed by atoms with E-state index in [1.54, 1.807) is 42.0 Å². The predicted octanol–water partition coefficient (Wildman–Crippen LogP) is -0.616. The van der Waals surface area contributed by atoms with Crippen LogP contribution >= 0.6 is 23.5 Å². The van der Waals surface area contributed by atoms with E-state index < -0.39 is 77.2 Å². The summed E-state index contributed by atoms with van der Waals surface area (Å²) < 4.78 is 0. The van der Waals surface area contributed by atoms with Crippen LogP contribution in [0.3, 0.4) is 0 Å². The second-order valence-corrected chi connectivity index (χ2v) is 17.6. The topological polar surface area (TPSA) is 220 Å². The van der Waals surface area contributed by atoms with Crippen molar-refractivity contribution in [3.05, 3.63) is 21.2 Å². The first kappa shape index (κ1) is 39.9. The Morgan fingerprint density at radius 2 is 1.50 bits per heavy atom. The molecular formula is C34H50N6O10S2. The van der Waals surface area contributed by atoms with Crippen molar-refractivity contribution in [3.8, 4) is 0 Å². The summed E-state index contributed by atoms with van der Waals surface area (Å²) in [5.41, 5.74) is -0.0216. The Morgan fingerprint density at radius 1 is 0.885 bits per heavy atom. The molecule has 3 saturated heterocycles. The molecule has 0 aromatic rings. The van der Waals surface area contributed by atoms with Crippen LogP contribution in [0.4, 0.5) is 0 Å². The number of aliphatic carboxylic acids is 2. The van der Waals surface area contributed by atoms with Crippen molar-refractivity contribution in [3.63, 3.8) is 0 Å². The third kappa shape index (κ3) is 7.03. The smallest absolute Gasteiger partial charge is 0.352 e. The lowest BCUT2D eigenvalue weighted by atomic mass is 9.79. The van der Waals surface area contributed by atoms with Gasteiger partial charge in [0.05, 0.1) is 30.2 Å². The number of thioether (sulfide) groups is 2. The first-order chi connectivity index (χ1) is 24.3. The van der Waals surface area contributed by atoms with Crippen molar-refractivity contribution < 1.29 is 49.2 Å². The highest BCUT2D eigenvalue weighted by Gasteiger charge is 2.61. The van der Waals surface area contributed by atoms with E-state index in [2.05, 4.69) is 10.6 Å². The van der Waals surface area contributed by atoms with Gasteiger partial charge >= 0.3 is 11.9 Å². The normalized spacial score (nSPS) is 33.0. The highest BCUT2D eigenvalue weighted by molar-refractivity contribution is 8.04. The number of aliphatic hydroxyl groups excluding tert-OH is 2. The number of likely N-dealkylation sites (N-methyl/N-ethyl adjacent to an activating group) is 2. The summed E-state index contributed by atoms with van der Waals surface area (Å²) in [6.07, 6.45) is -1.54. The summed E-state index contributed by atoms with van der Waals surface area (Å²) in [5, 5.41) is 46.2. The van der Waals surface area contributed by atoms with Crippen LogP contribution in [0.2, 0.25) is 0 Å². The molecule has 5 aliphatic rings. The molecule has 288 valence electrons. The van der Waals surface area contributed by atoms with Crippen LogP contribution in [0.15, 0.2) is 21.2 Å². The third-order valence-corrected chi connectivity index (χ3v) is 13.9. The highest BCUT2D eigenvalue weighted by Crippen LogP contribution is 2.53. The van der Waals surface area contributed by atoms with Gasteiger partial charge in [0, 0.05) is 79.5 Å². The van der Waals surface area contributed by atoms with Crippen molar-refractivity contribution in [2.75, 3.05) is 41.3 Å². The SMILES string of the molecule is C[C@H](O)[C@@H](C(=O)O)[C@@H]1NC(C(=O)O)=C(S[C@H]2C[C@@H](C(=O)N(C)C)N(C(=O)C3=C(S[C@@H]4CN[C@@H](C(=O)N(C)C)C4)[C@H](C)[C@@H]4[C@@H]([C@@H](C)O)C(=O)N34)C2)[C@@H]1C. The predicted molar refractivity (Wildman–Crippen MR) is 192 cm³/mol. The minimum Gasteiger partial charge on any atom is -0.481 e. The molecule has 5 rings (SSSR count). The zero-order chi connectivity index (χ0) is 38.7. The summed E-state index contributed by atoms with van der Waals surface area (Å²) in [4.78, 5) is 86.0. The molecule has 5 heterocycles. The lowest BCUT2D eigenvalue weighted by molar-refractivity contribution is -0.162. The lowest BCUT2D eigenvalue weighted by Crippen LogP contribution is -2.64. The maximum atomic E-state index is 14.8. The summed E-state index contributed by atoms with van der Waals surface area (Å²) in [6, 6.07) is -2.70. The van der Waals surface area contributed by atoms with Gasteiger partial charge in [0.25, 0.3) is 5.91 Å². The van der Waals surface area contributed by atoms with E-state index in [4.69, 9.17) is 0 Å². The van der Waals surface area contributed by atoms with Crippen LogP contribution in [0.25, 0.3) is 0 Å². The van der Waals surface area contributed by atoms with Gasteiger partial charge in [-0.05, 0) is 26.7 Å². The fourth-order valence-corrected chi connectivity index (χ4v) is 11.2. The van der Waals surface area contributed by atoms with Crippen LogP contribution in [0, 0.1) is 23.7 Å². The molecule has 12 atom stereocenters. The largest absolute Gasteiger partial charge is 0.481 e. The summed E-state index contributed by atoms with van der Waals surface area (Å²) >= 11 is 2.61. The quantitative estimate of drug-likeness (QED) is 0.137. The molecule has 18 heteroatoms. The van der Waals surface area contributed by atoms with Crippen molar-refractivity contribution in [2.45, 2.75) is 87.4 Å². The number of likely N-dealkylation sites (tertiary alicyclic amines) is 1. The number of hydrogen-bond acceptors (Lipinski definition) is 12. The maximum Gasteiger partial charge on any atom is 0.352 e. The number of carboxylic acid groups (broad SMARTS) is 2. The molecule has 6 N–H and O–H groups in total. The molecule has 5 aliphatic heterocycles. The number of nitrogens with zero attached hydrogens (tertiary/aromatic N) is 4. The number of aliphatic hydroxyl groups is 2. The highest BCUT2D eigenvalue weighted by atomic mass is 32.2. The minimum absolute atomic E-state index is 0.0348. The van der Waals surface area contributed by atoms with Crippen molar-refractivity contribution in [1.29, 1.82) is 0 Å². The first-order valence-electron chi connectivity index (χ1n) is 17.5. The minimum atomic E-state index is -1.30. The summed E-state index contributed by atoms with van der Waals surface area (Å²) in [7, 11) is 6.52. The van der Waals surface area contributed by atoms with Crippen LogP contribution in [0.1, 0.15) is 40.5 Å². The molecule has 0 unspecified atom stereocenters. The molecule has 16 nitrogen and oxygen atoms in total. The number of amides is 4. The van der Waals surface area contributed by atoms with E-state index in [9.17, 15) is 49.2 Å². The third-order valence-electron chi connectivity index (χ3n) is 10.9. The molecule has 0 saturated carbocycles. The summed E-state index contributed by atoms with van der Waals surface area (Å²) in [6.45, 7) is 7.03. The van der Waals surface area contributed by atoms with E-state index in [1.807, 2.05) is 6.92 Å². The number of β-lactam (4-membered cyclic amide) rings is 1. The Kier molecular flexibility index (Phi) is 11.7. The second-order valence-electron chi connectivity index (χ2n) is 14.9. The fraction of sp³-hybridized carbons (Fsp3) is 0.706. The Labute approximate surface area is 311 Å². The van der Waals surface area contributed by atoms with Gasteiger partial charge in [-0.3, -0.25) is 24.0 Å². The zero-order valence-electron chi connectivity index (χ0n) is 30.6. The Bertz CT molecular complexity index is 1580. The van der Waals surface area contributed by atoms with Crippen LogP contribution in [0.5, 0.6) is 0 Å². The number of hydrogen-bond donors (Lipinski definition) is 6. The molecule has 0 spiro atoms. The van der Waals surface area contributed by atoms with Gasteiger partial charge in [-0.1, -0.05) is 13.8 Å². The zero-order valence-corrected chi connectivity index (χ0v) is 32.2. The monoisotopic (exact) mass is 766 g/mol. The van der Waals surface area contributed by atoms with Crippen LogP contribution in [-0.2, 0) is 28.8 Å². The number of rotatable bonds is 12. The molecule has 0 aliphatic carbocycles. The Morgan fingerprint density at radius 3 is 2.04 bits per heavy atom. The number of carbonyl (C=O) groups excluding carboxylic acids is 4. The maximum absolute atomic E-state index is 14.8. The molecule has 52 heavy (non-hydrogen) atoms. The number of carboxylic acids is 2. The molecule has 4 amide bonds. The molecular weight excluding hydrogens is 717 g/mol. The van der Waals surface area contributed by atoms with Crippen LogP contribution in [-0.4, -0.2) is 164 Å². The van der Waals surface area contributed by atoms with Gasteiger partial charge < -0.3 is 50.7 Å². The van der Waals surface area contributed by atoms with E-state index in [0.29, 0.717) is 22.8 Å². The van der Waals surface area contributed by atoms with Crippen molar-refractivity contribution in [2.24, 2.45) is 23.7 Å². The standard InChI is InChI=1S/C34H50N6O10S2/c1-13-23(21(15(3)41)33(47)48)36-24(34(49)50)27(13)52-18-10-20(30(44)38(7)8)39(12-18)32(46)26-28(14(2)25-22(16(4)42)31(45)40(25)26)51-17-9-19(35-11-17)29(43)37(5)6/h13-23,25,35-36,41-42H,9-12H2,1-8H3,(H,47,48)(H,49,50)/t13-,14-,15+,16-,17+,18+,19-,20+,21-,22-,23-,25-/m1/s1. The van der Waals surface area contributed by atoms with E-state index in [1.165, 1.54) is 50.0 Å². The van der Waals surface area contributed by atoms with Crippen LogP contribution < -0.4 is 10.6 Å². The number of carbonyl (C=O) groups is 6. The molecule has 0 radical (unpaired) electrons. The van der Waals surface area contributed by atoms with E-state index >= 15 is 0 Å². The van der Waals surface area contributed by atoms with Gasteiger partial charge in [0.1, 0.15) is 23.4 Å². The van der Waals surface area contributed by atoms with Crippen molar-refractivity contribution >= 4 is 59.1 Å². The van der Waals surface area contributed by atoms with Gasteiger partial charge in [-0.25, -0.2) is 4.79 Å². The first-order valence-corrected chi connectivity index (χ1v) is 19.2. The lowest BCUT2D eigenvalue weighted by Gasteiger charge is -2.47. The molecule has 3 fully saturated rings. The van der Waals surface area contributed by atoms with Gasteiger partial charge in [-0.15, -0.1) is 23.5 Å². The van der Waals surface area contributed by atoms with Crippen molar-refractivity contribution in [1.82, 2.24) is 30.2 Å². The molecule has 0 aromatic heterocycles. The Balaban J connectivity index is 1.47. The van der Waals surface area contributed by atoms with E-state index in [0.717, 1.165) is 0 Å². The average molecular weight is 767 g/mol.